The molecule has 8 atom stereocenters. The van der Waals surface area contributed by atoms with Crippen LogP contribution in [0.15, 0.2) is 24.8 Å². The Bertz CT molecular complexity index is 366. The highest BCUT2D eigenvalue weighted by molar-refractivity contribution is 5.21. The minimum atomic E-state index is 0.971. The van der Waals surface area contributed by atoms with E-state index in [1.165, 1.54) is 19.3 Å². The van der Waals surface area contributed by atoms with Crippen LogP contribution in [0.1, 0.15) is 32.6 Å². The van der Waals surface area contributed by atoms with E-state index in [0.717, 1.165) is 47.3 Å². The Morgan fingerprint density at radius 1 is 1.12 bits per heavy atom. The van der Waals surface area contributed by atoms with E-state index in [0.29, 0.717) is 0 Å². The maximum absolute atomic E-state index is 3.90. The molecule has 0 aliphatic heterocycles. The molecular weight excluding hydrogens is 204 g/mol. The molecule has 4 bridgehead atoms. The van der Waals surface area contributed by atoms with Gasteiger partial charge in [0.2, 0.25) is 0 Å². The third-order valence-electron chi connectivity index (χ3n) is 6.72. The molecule has 0 aromatic rings. The Balaban J connectivity index is 1.61. The molecule has 8 unspecified atom stereocenters. The van der Waals surface area contributed by atoms with Crippen molar-refractivity contribution in [2.24, 2.45) is 47.3 Å². The lowest BCUT2D eigenvalue weighted by molar-refractivity contribution is 0.0929. The lowest BCUT2D eigenvalue weighted by Gasteiger charge is -2.40. The van der Waals surface area contributed by atoms with Crippen LogP contribution in [0.5, 0.6) is 0 Å². The number of hydrogen-bond donors (Lipinski definition) is 0. The van der Waals surface area contributed by atoms with Crippen molar-refractivity contribution >= 4 is 0 Å². The molecule has 3 fully saturated rings. The SMILES string of the molecule is C=CCCC1C(C)C2CC1C1C3C=CC(C3)C21. The van der Waals surface area contributed by atoms with Crippen LogP contribution in [0, 0.1) is 47.3 Å². The lowest BCUT2D eigenvalue weighted by Crippen LogP contribution is -2.35. The molecule has 0 spiro atoms. The van der Waals surface area contributed by atoms with Crippen LogP contribution in [0.2, 0.25) is 0 Å². The highest BCUT2D eigenvalue weighted by atomic mass is 14.7. The second-order valence-electron chi connectivity index (χ2n) is 7.06. The third kappa shape index (κ3) is 1.20. The lowest BCUT2D eigenvalue weighted by atomic mass is 9.64. The van der Waals surface area contributed by atoms with Crippen molar-refractivity contribution in [1.82, 2.24) is 0 Å². The van der Waals surface area contributed by atoms with Crippen LogP contribution in [-0.4, -0.2) is 0 Å². The smallest absolute Gasteiger partial charge is 0.0194 e. The van der Waals surface area contributed by atoms with E-state index in [1.807, 2.05) is 0 Å². The molecule has 0 N–H and O–H groups in total. The maximum atomic E-state index is 3.90. The van der Waals surface area contributed by atoms with Gasteiger partial charge < -0.3 is 0 Å². The molecule has 0 aromatic heterocycles. The monoisotopic (exact) mass is 228 g/mol. The quantitative estimate of drug-likeness (QED) is 0.499. The van der Waals surface area contributed by atoms with Crippen molar-refractivity contribution in [1.29, 1.82) is 0 Å². The molecule has 3 saturated carbocycles. The molecule has 0 heteroatoms. The molecule has 17 heavy (non-hydrogen) atoms. The molecule has 4 rings (SSSR count). The largest absolute Gasteiger partial charge is 0.103 e. The van der Waals surface area contributed by atoms with Crippen molar-refractivity contribution in [3.8, 4) is 0 Å². The predicted octanol–water partition coefficient (Wildman–Crippen LogP) is 4.29. The summed E-state index contributed by atoms with van der Waals surface area (Å²) >= 11 is 0. The molecule has 0 amide bonds. The highest BCUT2D eigenvalue weighted by Crippen LogP contribution is 2.69. The van der Waals surface area contributed by atoms with Crippen molar-refractivity contribution in [2.45, 2.75) is 32.6 Å². The maximum Gasteiger partial charge on any atom is -0.0194 e. The number of rotatable bonds is 3. The van der Waals surface area contributed by atoms with Crippen molar-refractivity contribution < 1.29 is 0 Å². The van der Waals surface area contributed by atoms with Gasteiger partial charge in [0.15, 0.2) is 0 Å². The fourth-order valence-electron chi connectivity index (χ4n) is 6.25. The summed E-state index contributed by atoms with van der Waals surface area (Å²) in [6, 6.07) is 0. The Kier molecular flexibility index (Phi) is 2.14. The van der Waals surface area contributed by atoms with Gasteiger partial charge in [-0.3, -0.25) is 0 Å². The summed E-state index contributed by atoms with van der Waals surface area (Å²) in [6.07, 6.45) is 12.9. The van der Waals surface area contributed by atoms with Crippen LogP contribution in [0.4, 0.5) is 0 Å². The molecule has 0 heterocycles. The zero-order chi connectivity index (χ0) is 11.6. The molecule has 0 radical (unpaired) electrons. The van der Waals surface area contributed by atoms with E-state index >= 15 is 0 Å². The van der Waals surface area contributed by atoms with E-state index in [-0.39, 0.29) is 0 Å². The summed E-state index contributed by atoms with van der Waals surface area (Å²) in [4.78, 5) is 0. The minimum Gasteiger partial charge on any atom is -0.103 e. The second-order valence-corrected chi connectivity index (χ2v) is 7.06. The van der Waals surface area contributed by atoms with Gasteiger partial charge >= 0.3 is 0 Å². The average molecular weight is 228 g/mol. The normalized spacial score (nSPS) is 57.7. The summed E-state index contributed by atoms with van der Waals surface area (Å²) in [5.74, 6) is 8.27. The zero-order valence-corrected chi connectivity index (χ0v) is 10.9. The Morgan fingerprint density at radius 2 is 1.82 bits per heavy atom. The van der Waals surface area contributed by atoms with Crippen LogP contribution >= 0.6 is 0 Å². The topological polar surface area (TPSA) is 0 Å². The molecular formula is C17H24. The molecule has 4 aliphatic rings. The van der Waals surface area contributed by atoms with Gasteiger partial charge in [-0.25, -0.2) is 0 Å². The van der Waals surface area contributed by atoms with Crippen LogP contribution in [0.25, 0.3) is 0 Å². The summed E-state index contributed by atoms with van der Waals surface area (Å²) in [5.41, 5.74) is 0. The summed E-state index contributed by atoms with van der Waals surface area (Å²) in [6.45, 7) is 6.45. The van der Waals surface area contributed by atoms with Gasteiger partial charge in [0.25, 0.3) is 0 Å². The van der Waals surface area contributed by atoms with E-state index in [9.17, 15) is 0 Å². The predicted molar refractivity (Wildman–Crippen MR) is 71.4 cm³/mol. The standard InChI is InChI=1S/C17H24/c1-3-4-5-13-10(2)14-9-15(13)17-12-7-6-11(8-12)16(14)17/h3,6-7,10-17H,1,4-5,8-9H2,2H3. The van der Waals surface area contributed by atoms with Gasteiger partial charge in [-0.2, -0.15) is 0 Å². The van der Waals surface area contributed by atoms with Crippen molar-refractivity contribution in [3.63, 3.8) is 0 Å². The van der Waals surface area contributed by atoms with Gasteiger partial charge in [-0.1, -0.05) is 25.2 Å². The van der Waals surface area contributed by atoms with Crippen LogP contribution in [-0.2, 0) is 0 Å². The van der Waals surface area contributed by atoms with Gasteiger partial charge in [-0.15, -0.1) is 6.58 Å². The van der Waals surface area contributed by atoms with Gasteiger partial charge in [0, 0.05) is 0 Å². The molecule has 4 aliphatic carbocycles. The summed E-state index contributed by atoms with van der Waals surface area (Å²) in [5, 5.41) is 0. The number of hydrogen-bond acceptors (Lipinski definition) is 0. The Morgan fingerprint density at radius 3 is 2.53 bits per heavy atom. The van der Waals surface area contributed by atoms with Gasteiger partial charge in [-0.05, 0) is 73.0 Å². The van der Waals surface area contributed by atoms with Crippen molar-refractivity contribution in [3.05, 3.63) is 24.8 Å². The first-order valence-corrected chi connectivity index (χ1v) is 7.60. The first-order valence-electron chi connectivity index (χ1n) is 7.60. The fraction of sp³-hybridized carbons (Fsp3) is 0.765. The van der Waals surface area contributed by atoms with E-state index in [2.05, 4.69) is 31.7 Å². The fourth-order valence-corrected chi connectivity index (χ4v) is 6.25. The van der Waals surface area contributed by atoms with E-state index in [1.54, 1.807) is 6.42 Å². The van der Waals surface area contributed by atoms with E-state index < -0.39 is 0 Å². The minimum absolute atomic E-state index is 0.971. The van der Waals surface area contributed by atoms with Crippen molar-refractivity contribution in [2.75, 3.05) is 0 Å². The molecule has 0 aromatic carbocycles. The summed E-state index contributed by atoms with van der Waals surface area (Å²) in [7, 11) is 0. The summed E-state index contributed by atoms with van der Waals surface area (Å²) < 4.78 is 0. The number of allylic oxidation sites excluding steroid dienone is 3. The molecule has 0 nitrogen and oxygen atoms in total. The Labute approximate surface area is 105 Å². The first-order chi connectivity index (χ1) is 8.31. The average Bonchev–Trinajstić information content (AvgIpc) is 3.04. The van der Waals surface area contributed by atoms with Crippen LogP contribution in [0.3, 0.4) is 0 Å². The second kappa shape index (κ2) is 3.49. The Hall–Kier alpha value is -0.520. The third-order valence-corrected chi connectivity index (χ3v) is 6.72. The zero-order valence-electron chi connectivity index (χ0n) is 10.9. The molecule has 92 valence electrons. The van der Waals surface area contributed by atoms with Gasteiger partial charge in [0.05, 0.1) is 0 Å². The highest BCUT2D eigenvalue weighted by Gasteiger charge is 2.62. The first kappa shape index (κ1) is 10.4. The number of fused-ring (bicyclic) bond motifs is 9. The molecule has 0 saturated heterocycles. The van der Waals surface area contributed by atoms with E-state index in [4.69, 9.17) is 0 Å². The van der Waals surface area contributed by atoms with Crippen LogP contribution < -0.4 is 0 Å². The van der Waals surface area contributed by atoms with Gasteiger partial charge in [0.1, 0.15) is 0 Å².